The lowest BCUT2D eigenvalue weighted by Crippen LogP contribution is -1.99. The molecule has 84 valence electrons. The van der Waals surface area contributed by atoms with Crippen LogP contribution in [0.3, 0.4) is 0 Å². The molecule has 0 aliphatic heterocycles. The van der Waals surface area contributed by atoms with Gasteiger partial charge in [-0.25, -0.2) is 8.78 Å². The van der Waals surface area contributed by atoms with Gasteiger partial charge < -0.3 is 0 Å². The highest BCUT2D eigenvalue weighted by atomic mass is 19.4. The van der Waals surface area contributed by atoms with Crippen LogP contribution in [-0.2, 0) is 0 Å². The van der Waals surface area contributed by atoms with Crippen molar-refractivity contribution in [3.05, 3.63) is 24.8 Å². The summed E-state index contributed by atoms with van der Waals surface area (Å²) in [6.07, 6.45) is -11.1. The van der Waals surface area contributed by atoms with Gasteiger partial charge in [0.15, 0.2) is 0 Å². The smallest absolute Gasteiger partial charge is 0.216 e. The van der Waals surface area contributed by atoms with Gasteiger partial charge in [0, 0.05) is 12.2 Å². The van der Waals surface area contributed by atoms with Crippen molar-refractivity contribution in [2.45, 2.75) is 12.4 Å². The van der Waals surface area contributed by atoms with E-state index in [0.717, 1.165) is 0 Å². The van der Waals surface area contributed by atoms with Gasteiger partial charge in [-0.1, -0.05) is 0 Å². The second-order valence-corrected chi connectivity index (χ2v) is 1.67. The molecule has 0 fully saturated rings. The van der Waals surface area contributed by atoms with Crippen molar-refractivity contribution in [3.8, 4) is 0 Å². The molecule has 0 N–H and O–H groups in total. The van der Waals surface area contributed by atoms with Gasteiger partial charge in [0.25, 0.3) is 0 Å². The van der Waals surface area contributed by atoms with Gasteiger partial charge in [0.2, 0.25) is 0 Å². The summed E-state index contributed by atoms with van der Waals surface area (Å²) in [6.45, 7) is 0. The predicted octanol–water partition coefficient (Wildman–Crippen LogP) is 4.06. The van der Waals surface area contributed by atoms with Crippen molar-refractivity contribution in [1.82, 2.24) is 0 Å². The lowest BCUT2D eigenvalue weighted by molar-refractivity contribution is -0.0815. The second kappa shape index (κ2) is 6.39. The minimum atomic E-state index is -4.51. The zero-order valence-corrected chi connectivity index (χ0v) is 6.33. The van der Waals surface area contributed by atoms with Crippen LogP contribution in [0, 0.1) is 0 Å². The molecular weight excluding hydrogens is 224 g/mol. The Hall–Kier alpha value is -1.08. The minimum absolute atomic E-state index is 0.479. The molecule has 14 heavy (non-hydrogen) atoms. The Morgan fingerprint density at radius 1 is 0.571 bits per heavy atom. The first kappa shape index (κ1) is 15.4. The normalized spacial score (nSPS) is 13.1. The molecular formula is C6H4F8. The van der Waals surface area contributed by atoms with Crippen molar-refractivity contribution in [3.63, 3.8) is 0 Å². The molecule has 0 aromatic heterocycles. The third-order valence-corrected chi connectivity index (χ3v) is 0.504. The Morgan fingerprint density at radius 3 is 0.786 bits per heavy atom. The van der Waals surface area contributed by atoms with Gasteiger partial charge in [-0.05, 0) is 0 Å². The van der Waals surface area contributed by atoms with Crippen molar-refractivity contribution in [2.75, 3.05) is 0 Å². The van der Waals surface area contributed by atoms with Crippen LogP contribution in [0.2, 0.25) is 0 Å². The van der Waals surface area contributed by atoms with E-state index in [4.69, 9.17) is 0 Å². The highest BCUT2D eigenvalue weighted by Gasteiger charge is 2.22. The van der Waals surface area contributed by atoms with Crippen molar-refractivity contribution in [1.29, 1.82) is 0 Å². The van der Waals surface area contributed by atoms with Gasteiger partial charge in [0.1, 0.15) is 0 Å². The fourth-order valence-electron chi connectivity index (χ4n) is 0.143. The van der Waals surface area contributed by atoms with E-state index in [0.29, 0.717) is 0 Å². The van der Waals surface area contributed by atoms with E-state index in [2.05, 4.69) is 0 Å². The molecule has 0 bridgehead atoms. The van der Waals surface area contributed by atoms with E-state index in [1.54, 1.807) is 0 Å². The largest absolute Gasteiger partial charge is 0.411 e. The van der Waals surface area contributed by atoms with E-state index in [1.807, 2.05) is 0 Å². The van der Waals surface area contributed by atoms with Gasteiger partial charge >= 0.3 is 12.4 Å². The molecule has 0 rings (SSSR count). The van der Waals surface area contributed by atoms with Gasteiger partial charge in [0.05, 0.1) is 12.7 Å². The van der Waals surface area contributed by atoms with Crippen molar-refractivity contribution in [2.24, 2.45) is 0 Å². The number of halogens is 8. The summed E-state index contributed by atoms with van der Waals surface area (Å²) in [5.41, 5.74) is 0. The van der Waals surface area contributed by atoms with E-state index >= 15 is 0 Å². The lowest BCUT2D eigenvalue weighted by Gasteiger charge is -1.92. The van der Waals surface area contributed by atoms with Crippen LogP contribution in [0.25, 0.3) is 0 Å². The van der Waals surface area contributed by atoms with Crippen LogP contribution in [0.1, 0.15) is 0 Å². The highest BCUT2D eigenvalue weighted by molar-refractivity contribution is 4.81. The number of alkyl halides is 6. The number of hydrogen-bond acceptors (Lipinski definition) is 0. The van der Waals surface area contributed by atoms with Crippen LogP contribution in [0.15, 0.2) is 24.8 Å². The third-order valence-electron chi connectivity index (χ3n) is 0.504. The molecule has 0 unspecified atom stereocenters. The fraction of sp³-hybridized carbons (Fsp3) is 0.333. The molecule has 0 radical (unpaired) electrons. The Kier molecular flexibility index (Phi) is 7.02. The standard InChI is InChI=1S/2C3H2F4/c2*4-2-1-3(5,6)7/h2*1-2H. The van der Waals surface area contributed by atoms with Crippen LogP contribution in [0.5, 0.6) is 0 Å². The minimum Gasteiger partial charge on any atom is -0.216 e. The Balaban J connectivity index is 0. The SMILES string of the molecule is FC=CC(F)(F)F.FC=CC(F)(F)F. The molecule has 0 aliphatic carbocycles. The first-order valence-electron chi connectivity index (χ1n) is 2.81. The maximum Gasteiger partial charge on any atom is 0.411 e. The summed E-state index contributed by atoms with van der Waals surface area (Å²) >= 11 is 0. The predicted molar refractivity (Wildman–Crippen MR) is 32.6 cm³/mol. The number of rotatable bonds is 0. The highest BCUT2D eigenvalue weighted by Crippen LogP contribution is 2.15. The zero-order valence-electron chi connectivity index (χ0n) is 6.33. The first-order chi connectivity index (χ1) is 6.12. The van der Waals surface area contributed by atoms with Crippen molar-refractivity contribution < 1.29 is 35.1 Å². The summed E-state index contributed by atoms with van der Waals surface area (Å²) in [4.78, 5) is 0. The zero-order chi connectivity index (χ0) is 11.8. The van der Waals surface area contributed by atoms with E-state index < -0.39 is 37.2 Å². The average molecular weight is 228 g/mol. The second-order valence-electron chi connectivity index (χ2n) is 1.67. The van der Waals surface area contributed by atoms with Crippen LogP contribution in [0.4, 0.5) is 35.1 Å². The quantitative estimate of drug-likeness (QED) is 0.548. The monoisotopic (exact) mass is 228 g/mol. The first-order valence-corrected chi connectivity index (χ1v) is 2.81. The Labute approximate surface area is 73.5 Å². The van der Waals surface area contributed by atoms with E-state index in [1.165, 1.54) is 0 Å². The van der Waals surface area contributed by atoms with E-state index in [9.17, 15) is 35.1 Å². The average Bonchev–Trinajstić information content (AvgIpc) is 1.81. The maximum absolute atomic E-state index is 10.7. The number of allylic oxidation sites excluding steroid dienone is 2. The molecule has 0 heterocycles. The molecule has 0 saturated heterocycles. The molecule has 0 saturated carbocycles. The third kappa shape index (κ3) is 22.4. The molecule has 0 aromatic carbocycles. The van der Waals surface area contributed by atoms with Gasteiger partial charge in [-0.2, -0.15) is 26.3 Å². The summed E-state index contributed by atoms with van der Waals surface area (Å²) in [5, 5.41) is 0. The number of hydrogen-bond donors (Lipinski definition) is 0. The Bertz CT molecular complexity index is 161. The lowest BCUT2D eigenvalue weighted by atomic mass is 10.6. The van der Waals surface area contributed by atoms with E-state index in [-0.39, 0.29) is 0 Å². The maximum atomic E-state index is 10.7. The summed E-state index contributed by atoms with van der Waals surface area (Å²) in [7, 11) is 0. The van der Waals surface area contributed by atoms with Gasteiger partial charge in [-0.3, -0.25) is 0 Å². The molecule has 0 aliphatic rings. The van der Waals surface area contributed by atoms with Gasteiger partial charge in [-0.15, -0.1) is 0 Å². The molecule has 0 aromatic rings. The Morgan fingerprint density at radius 2 is 0.786 bits per heavy atom. The molecule has 0 nitrogen and oxygen atoms in total. The molecule has 0 spiro atoms. The van der Waals surface area contributed by atoms with Crippen molar-refractivity contribution >= 4 is 0 Å². The van der Waals surface area contributed by atoms with Crippen LogP contribution in [-0.4, -0.2) is 12.4 Å². The van der Waals surface area contributed by atoms with Crippen LogP contribution < -0.4 is 0 Å². The fourth-order valence-corrected chi connectivity index (χ4v) is 0.143. The molecule has 8 heteroatoms. The molecule has 0 amide bonds. The molecule has 0 atom stereocenters. The summed E-state index contributed by atoms with van der Waals surface area (Å²) in [6, 6.07) is 0. The van der Waals surface area contributed by atoms with Crippen LogP contribution >= 0.6 is 0 Å². The topological polar surface area (TPSA) is 0 Å². The summed E-state index contributed by atoms with van der Waals surface area (Å²) < 4.78 is 85.6. The summed E-state index contributed by atoms with van der Waals surface area (Å²) in [5.74, 6) is 0.